The van der Waals surface area contributed by atoms with E-state index in [0.29, 0.717) is 21.9 Å². The van der Waals surface area contributed by atoms with Gasteiger partial charge in [-0.15, -0.1) is 11.8 Å². The maximum Gasteiger partial charge on any atom is 0.269 e. The number of hydrogen-bond acceptors (Lipinski definition) is 6. The van der Waals surface area contributed by atoms with E-state index in [1.54, 1.807) is 26.0 Å². The molecule has 122 valence electrons. The maximum atomic E-state index is 12.1. The molecule has 2 rings (SSSR count). The van der Waals surface area contributed by atoms with Gasteiger partial charge in [-0.2, -0.15) is 10.5 Å². The number of rotatable bonds is 4. The first kappa shape index (κ1) is 17.5. The Bertz CT molecular complexity index is 817. The summed E-state index contributed by atoms with van der Waals surface area (Å²) in [5.41, 5.74) is 0.134. The number of benzene rings is 1. The molecule has 24 heavy (non-hydrogen) atoms. The SMILES string of the molecule is CC1(C)C(C#N)=C(SCc2cccc([N+](=O)[O-])c2)NC(=O)[C@H]1C#N. The van der Waals surface area contributed by atoms with Gasteiger partial charge in [-0.05, 0) is 5.56 Å². The van der Waals surface area contributed by atoms with Crippen LogP contribution in [-0.4, -0.2) is 10.8 Å². The van der Waals surface area contributed by atoms with E-state index >= 15 is 0 Å². The zero-order valence-corrected chi connectivity index (χ0v) is 13.9. The van der Waals surface area contributed by atoms with Crippen molar-refractivity contribution in [3.63, 3.8) is 0 Å². The minimum absolute atomic E-state index is 0.0138. The van der Waals surface area contributed by atoms with Gasteiger partial charge >= 0.3 is 0 Å². The van der Waals surface area contributed by atoms with Gasteiger partial charge in [0.1, 0.15) is 5.92 Å². The molecule has 1 aliphatic heterocycles. The molecule has 1 aliphatic rings. The van der Waals surface area contributed by atoms with Crippen molar-refractivity contribution >= 4 is 23.4 Å². The molecule has 0 saturated heterocycles. The molecule has 0 unspecified atom stereocenters. The van der Waals surface area contributed by atoms with Crippen molar-refractivity contribution in [3.8, 4) is 12.1 Å². The number of hydrogen-bond donors (Lipinski definition) is 1. The minimum Gasteiger partial charge on any atom is -0.319 e. The third-order valence-electron chi connectivity index (χ3n) is 3.84. The van der Waals surface area contributed by atoms with Crippen LogP contribution in [0.1, 0.15) is 19.4 Å². The fourth-order valence-corrected chi connectivity index (χ4v) is 3.57. The number of nitrogens with one attached hydrogen (secondary N) is 1. The number of amides is 1. The Balaban J connectivity index is 2.28. The second-order valence-corrected chi connectivity index (χ2v) is 6.79. The average molecular weight is 342 g/mol. The third kappa shape index (κ3) is 3.24. The van der Waals surface area contributed by atoms with Crippen LogP contribution in [0.5, 0.6) is 0 Å². The molecule has 1 aromatic carbocycles. The van der Waals surface area contributed by atoms with E-state index in [4.69, 9.17) is 0 Å². The van der Waals surface area contributed by atoms with E-state index in [-0.39, 0.29) is 5.69 Å². The zero-order chi connectivity index (χ0) is 17.9. The van der Waals surface area contributed by atoms with Crippen molar-refractivity contribution in [2.45, 2.75) is 19.6 Å². The highest BCUT2D eigenvalue weighted by Gasteiger charge is 2.44. The van der Waals surface area contributed by atoms with Gasteiger partial charge in [-0.1, -0.05) is 26.0 Å². The first-order valence-corrected chi connectivity index (χ1v) is 8.01. The van der Waals surface area contributed by atoms with E-state index in [1.807, 2.05) is 6.07 Å². The highest BCUT2D eigenvalue weighted by Crippen LogP contribution is 2.42. The Labute approximate surface area is 143 Å². The molecule has 0 aromatic heterocycles. The summed E-state index contributed by atoms with van der Waals surface area (Å²) in [6.07, 6.45) is 0. The molecule has 1 aromatic rings. The quantitative estimate of drug-likeness (QED) is 0.663. The molecule has 1 amide bonds. The first-order valence-electron chi connectivity index (χ1n) is 7.02. The van der Waals surface area contributed by atoms with Gasteiger partial charge in [-0.3, -0.25) is 14.9 Å². The molecular weight excluding hydrogens is 328 g/mol. The lowest BCUT2D eigenvalue weighted by molar-refractivity contribution is -0.384. The fraction of sp³-hybridized carbons (Fsp3) is 0.312. The van der Waals surface area contributed by atoms with E-state index in [9.17, 15) is 25.4 Å². The van der Waals surface area contributed by atoms with Crippen molar-refractivity contribution in [1.82, 2.24) is 5.32 Å². The highest BCUT2D eigenvalue weighted by atomic mass is 32.2. The van der Waals surface area contributed by atoms with Crippen LogP contribution in [0.15, 0.2) is 34.9 Å². The van der Waals surface area contributed by atoms with Crippen molar-refractivity contribution in [1.29, 1.82) is 10.5 Å². The van der Waals surface area contributed by atoms with Gasteiger partial charge in [-0.25, -0.2) is 0 Å². The molecule has 1 atom stereocenters. The summed E-state index contributed by atoms with van der Waals surface area (Å²) in [6, 6.07) is 10.2. The maximum absolute atomic E-state index is 12.1. The number of allylic oxidation sites excluding steroid dienone is 1. The summed E-state index contributed by atoms with van der Waals surface area (Å²) in [7, 11) is 0. The van der Waals surface area contributed by atoms with Crippen LogP contribution >= 0.6 is 11.8 Å². The number of carbonyl (C=O) groups is 1. The molecular formula is C16H14N4O3S. The lowest BCUT2D eigenvalue weighted by Crippen LogP contribution is -2.44. The van der Waals surface area contributed by atoms with E-state index in [0.717, 1.165) is 0 Å². The van der Waals surface area contributed by atoms with Gasteiger partial charge in [0.05, 0.1) is 27.7 Å². The van der Waals surface area contributed by atoms with Crippen molar-refractivity contribution < 1.29 is 9.72 Å². The Morgan fingerprint density at radius 2 is 2.12 bits per heavy atom. The van der Waals surface area contributed by atoms with Crippen LogP contribution in [0.4, 0.5) is 5.69 Å². The summed E-state index contributed by atoms with van der Waals surface area (Å²) < 4.78 is 0. The lowest BCUT2D eigenvalue weighted by atomic mass is 9.72. The second kappa shape index (κ2) is 6.73. The van der Waals surface area contributed by atoms with Crippen LogP contribution in [0.2, 0.25) is 0 Å². The van der Waals surface area contributed by atoms with Gasteiger partial charge in [0.15, 0.2) is 0 Å². The molecule has 8 heteroatoms. The largest absolute Gasteiger partial charge is 0.319 e. The Morgan fingerprint density at radius 3 is 2.71 bits per heavy atom. The smallest absolute Gasteiger partial charge is 0.269 e. The number of nitro groups is 1. The van der Waals surface area contributed by atoms with Crippen molar-refractivity contribution in [2.24, 2.45) is 11.3 Å². The van der Waals surface area contributed by atoms with Crippen LogP contribution < -0.4 is 5.32 Å². The number of thioether (sulfide) groups is 1. The Kier molecular flexibility index (Phi) is 4.91. The topological polar surface area (TPSA) is 120 Å². The normalized spacial score (nSPS) is 19.2. The summed E-state index contributed by atoms with van der Waals surface area (Å²) in [5, 5.41) is 32.4. The van der Waals surface area contributed by atoms with E-state index < -0.39 is 22.2 Å². The predicted octanol–water partition coefficient (Wildman–Crippen LogP) is 2.86. The molecule has 0 bridgehead atoms. The molecule has 0 spiro atoms. The third-order valence-corrected chi connectivity index (χ3v) is 4.91. The summed E-state index contributed by atoms with van der Waals surface area (Å²) in [4.78, 5) is 22.4. The van der Waals surface area contributed by atoms with Gasteiger partial charge in [0.25, 0.3) is 5.69 Å². The number of nitrogens with zero attached hydrogens (tertiary/aromatic N) is 3. The van der Waals surface area contributed by atoms with Crippen LogP contribution in [0.3, 0.4) is 0 Å². The van der Waals surface area contributed by atoms with Crippen molar-refractivity contribution in [2.75, 3.05) is 0 Å². The average Bonchev–Trinajstić information content (AvgIpc) is 2.52. The molecule has 0 saturated carbocycles. The minimum atomic E-state index is -0.936. The molecule has 0 aliphatic carbocycles. The van der Waals surface area contributed by atoms with Crippen LogP contribution in [0, 0.1) is 44.1 Å². The lowest BCUT2D eigenvalue weighted by Gasteiger charge is -2.34. The Morgan fingerprint density at radius 1 is 1.42 bits per heavy atom. The van der Waals surface area contributed by atoms with Gasteiger partial charge in [0.2, 0.25) is 5.91 Å². The molecule has 1 N–H and O–H groups in total. The monoisotopic (exact) mass is 342 g/mol. The van der Waals surface area contributed by atoms with Gasteiger partial charge < -0.3 is 5.32 Å². The highest BCUT2D eigenvalue weighted by molar-refractivity contribution is 8.02. The molecule has 1 heterocycles. The standard InChI is InChI=1S/C16H14N4O3S/c1-16(2)12(7-17)14(21)19-15(13(16)8-18)24-9-10-4-3-5-11(6-10)20(22)23/h3-6,12H,9H2,1-2H3,(H,19,21)/t12-/m1/s1. The first-order chi connectivity index (χ1) is 11.3. The number of non-ortho nitro benzene ring substituents is 1. The van der Waals surface area contributed by atoms with Crippen LogP contribution in [-0.2, 0) is 10.5 Å². The second-order valence-electron chi connectivity index (χ2n) is 5.80. The zero-order valence-electron chi connectivity index (χ0n) is 13.1. The molecule has 0 fully saturated rings. The number of carbonyl (C=O) groups excluding carboxylic acids is 1. The van der Waals surface area contributed by atoms with Gasteiger partial charge in [0, 0.05) is 23.3 Å². The summed E-state index contributed by atoms with van der Waals surface area (Å²) in [6.45, 7) is 3.37. The summed E-state index contributed by atoms with van der Waals surface area (Å²) in [5.74, 6) is -1.02. The molecule has 7 nitrogen and oxygen atoms in total. The molecule has 0 radical (unpaired) electrons. The van der Waals surface area contributed by atoms with E-state index in [1.165, 1.54) is 23.9 Å². The Hall–Kier alpha value is -2.84. The number of nitro benzene ring substituents is 1. The number of nitriles is 2. The predicted molar refractivity (Wildman–Crippen MR) is 88.1 cm³/mol. The van der Waals surface area contributed by atoms with E-state index in [2.05, 4.69) is 11.4 Å². The fourth-order valence-electron chi connectivity index (χ4n) is 2.45. The van der Waals surface area contributed by atoms with Crippen LogP contribution in [0.25, 0.3) is 0 Å². The summed E-state index contributed by atoms with van der Waals surface area (Å²) >= 11 is 1.22. The van der Waals surface area contributed by atoms with Crippen molar-refractivity contribution in [3.05, 3.63) is 50.5 Å².